The third-order valence-electron chi connectivity index (χ3n) is 2.79. The van der Waals surface area contributed by atoms with E-state index in [0.29, 0.717) is 17.9 Å². The third-order valence-corrected chi connectivity index (χ3v) is 2.79. The van der Waals surface area contributed by atoms with E-state index in [9.17, 15) is 0 Å². The number of hydrogen-bond acceptors (Lipinski definition) is 6. The number of nitrogens with zero attached hydrogens (tertiary/aromatic N) is 5. The normalized spacial score (nSPS) is 11.4. The Kier molecular flexibility index (Phi) is 4.09. The van der Waals surface area contributed by atoms with Gasteiger partial charge in [-0.05, 0) is 25.1 Å². The average Bonchev–Trinajstić information content (AvgIpc) is 2.46. The van der Waals surface area contributed by atoms with Gasteiger partial charge in [-0.1, -0.05) is 11.2 Å². The topological polar surface area (TPSA) is 101 Å². The molecule has 0 spiro atoms. The molecule has 0 amide bonds. The maximum absolute atomic E-state index is 8.80. The van der Waals surface area contributed by atoms with Crippen LogP contribution < -0.4 is 10.6 Å². The van der Waals surface area contributed by atoms with E-state index in [1.807, 2.05) is 37.1 Å². The summed E-state index contributed by atoms with van der Waals surface area (Å²) in [5, 5.41) is 19.7. The predicted octanol–water partition coefficient (Wildman–Crippen LogP) is 0.911. The van der Waals surface area contributed by atoms with Crippen molar-refractivity contribution in [3.05, 3.63) is 47.4 Å². The second-order valence-corrected chi connectivity index (χ2v) is 4.38. The van der Waals surface area contributed by atoms with Crippen LogP contribution in [0.25, 0.3) is 0 Å². The summed E-state index contributed by atoms with van der Waals surface area (Å²) >= 11 is 0. The third kappa shape index (κ3) is 3.00. The van der Waals surface area contributed by atoms with Crippen molar-refractivity contribution in [2.45, 2.75) is 13.5 Å². The Hall–Kier alpha value is -2.70. The fourth-order valence-corrected chi connectivity index (χ4v) is 1.87. The molecule has 2 heterocycles. The van der Waals surface area contributed by atoms with Crippen molar-refractivity contribution in [2.75, 3.05) is 11.9 Å². The van der Waals surface area contributed by atoms with Crippen molar-refractivity contribution in [2.24, 2.45) is 10.9 Å². The van der Waals surface area contributed by atoms with Crippen LogP contribution in [-0.2, 0) is 6.54 Å². The van der Waals surface area contributed by atoms with Crippen LogP contribution in [0.3, 0.4) is 0 Å². The van der Waals surface area contributed by atoms with Gasteiger partial charge >= 0.3 is 0 Å². The lowest BCUT2D eigenvalue weighted by Gasteiger charge is -2.19. The fourth-order valence-electron chi connectivity index (χ4n) is 1.87. The summed E-state index contributed by atoms with van der Waals surface area (Å²) in [4.78, 5) is 6.28. The maximum atomic E-state index is 8.80. The first-order chi connectivity index (χ1) is 9.61. The smallest absolute Gasteiger partial charge is 0.173 e. The lowest BCUT2D eigenvalue weighted by atomic mass is 10.2. The van der Waals surface area contributed by atoms with Crippen LogP contribution in [0.15, 0.2) is 35.6 Å². The number of hydrogen-bond donors (Lipinski definition) is 2. The van der Waals surface area contributed by atoms with Gasteiger partial charge in [-0.15, -0.1) is 5.10 Å². The van der Waals surface area contributed by atoms with E-state index in [-0.39, 0.29) is 5.84 Å². The molecule has 2 aromatic heterocycles. The zero-order valence-corrected chi connectivity index (χ0v) is 11.4. The van der Waals surface area contributed by atoms with Gasteiger partial charge in [0.15, 0.2) is 11.7 Å². The first kappa shape index (κ1) is 13.7. The van der Waals surface area contributed by atoms with Gasteiger partial charge in [0.2, 0.25) is 0 Å². The van der Waals surface area contributed by atoms with E-state index in [1.165, 1.54) is 6.20 Å². The molecule has 104 valence electrons. The van der Waals surface area contributed by atoms with Gasteiger partial charge < -0.3 is 15.8 Å². The monoisotopic (exact) mass is 272 g/mol. The maximum Gasteiger partial charge on any atom is 0.173 e. The molecule has 0 bridgehead atoms. The molecule has 0 aromatic carbocycles. The molecule has 0 atom stereocenters. The number of aromatic nitrogens is 3. The average molecular weight is 272 g/mol. The number of pyridine rings is 1. The standard InChI is InChI=1S/C13H16N6O/c1-9-4-3-5-10(16-9)8-19(2)13-11(12(14)18-20)6-7-15-17-13/h3-7,20H,8H2,1-2H3,(H2,14,18). The van der Waals surface area contributed by atoms with Gasteiger partial charge in [-0.2, -0.15) is 5.10 Å². The van der Waals surface area contributed by atoms with Crippen LogP contribution in [0, 0.1) is 6.92 Å². The number of rotatable bonds is 4. The minimum Gasteiger partial charge on any atom is -0.409 e. The highest BCUT2D eigenvalue weighted by Gasteiger charge is 2.13. The molecule has 7 heteroatoms. The molecule has 3 N–H and O–H groups in total. The molecule has 0 saturated heterocycles. The highest BCUT2D eigenvalue weighted by Crippen LogP contribution is 2.16. The Labute approximate surface area is 116 Å². The summed E-state index contributed by atoms with van der Waals surface area (Å²) in [5.41, 5.74) is 8.02. The van der Waals surface area contributed by atoms with Crippen LogP contribution in [0.4, 0.5) is 5.82 Å². The van der Waals surface area contributed by atoms with Crippen LogP contribution in [0.1, 0.15) is 17.0 Å². The molecule has 2 aromatic rings. The minimum atomic E-state index is -0.000971. The minimum absolute atomic E-state index is 0.000971. The first-order valence-electron chi connectivity index (χ1n) is 6.05. The Bertz CT molecular complexity index is 628. The molecule has 2 rings (SSSR count). The second kappa shape index (κ2) is 5.96. The number of nitrogens with two attached hydrogens (primary N) is 1. The molecule has 0 aliphatic rings. The lowest BCUT2D eigenvalue weighted by Crippen LogP contribution is -2.24. The SMILES string of the molecule is Cc1cccc(CN(C)c2nnccc2/C(N)=N/O)n1. The zero-order chi connectivity index (χ0) is 14.5. The zero-order valence-electron chi connectivity index (χ0n) is 11.4. The summed E-state index contributed by atoms with van der Waals surface area (Å²) in [5.74, 6) is 0.532. The Morgan fingerprint density at radius 2 is 2.20 bits per heavy atom. The molecule has 0 radical (unpaired) electrons. The van der Waals surface area contributed by atoms with E-state index in [0.717, 1.165) is 11.4 Å². The van der Waals surface area contributed by atoms with E-state index in [4.69, 9.17) is 10.9 Å². The molecule has 0 unspecified atom stereocenters. The predicted molar refractivity (Wildman–Crippen MR) is 75.6 cm³/mol. The molecule has 0 aliphatic heterocycles. The van der Waals surface area contributed by atoms with Crippen molar-refractivity contribution in [3.63, 3.8) is 0 Å². The molecule has 20 heavy (non-hydrogen) atoms. The highest BCUT2D eigenvalue weighted by atomic mass is 16.4. The Morgan fingerprint density at radius 1 is 1.40 bits per heavy atom. The summed E-state index contributed by atoms with van der Waals surface area (Å²) in [6.07, 6.45) is 1.50. The Balaban J connectivity index is 2.28. The molecule has 0 saturated carbocycles. The highest BCUT2D eigenvalue weighted by molar-refractivity contribution is 6.01. The van der Waals surface area contributed by atoms with Crippen LogP contribution >= 0.6 is 0 Å². The summed E-state index contributed by atoms with van der Waals surface area (Å²) in [6, 6.07) is 7.47. The largest absolute Gasteiger partial charge is 0.409 e. The van der Waals surface area contributed by atoms with Crippen molar-refractivity contribution >= 4 is 11.7 Å². The number of anilines is 1. The van der Waals surface area contributed by atoms with Gasteiger partial charge in [0.1, 0.15) is 0 Å². The van der Waals surface area contributed by atoms with Gasteiger partial charge in [0.25, 0.3) is 0 Å². The molecule has 0 aliphatic carbocycles. The first-order valence-corrected chi connectivity index (χ1v) is 6.05. The number of aryl methyl sites for hydroxylation is 1. The van der Waals surface area contributed by atoms with E-state index >= 15 is 0 Å². The van der Waals surface area contributed by atoms with Crippen LogP contribution in [0.5, 0.6) is 0 Å². The van der Waals surface area contributed by atoms with Crippen molar-refractivity contribution < 1.29 is 5.21 Å². The van der Waals surface area contributed by atoms with E-state index in [1.54, 1.807) is 6.07 Å². The van der Waals surface area contributed by atoms with Crippen LogP contribution in [0.2, 0.25) is 0 Å². The number of oxime groups is 1. The second-order valence-electron chi connectivity index (χ2n) is 4.38. The fraction of sp³-hybridized carbons (Fsp3) is 0.231. The lowest BCUT2D eigenvalue weighted by molar-refractivity contribution is 0.318. The molecular formula is C13H16N6O. The number of amidine groups is 1. The van der Waals surface area contributed by atoms with Gasteiger partial charge in [0.05, 0.1) is 24.0 Å². The summed E-state index contributed by atoms with van der Waals surface area (Å²) in [6.45, 7) is 2.49. The molecule has 0 fully saturated rings. The Morgan fingerprint density at radius 3 is 2.90 bits per heavy atom. The molecular weight excluding hydrogens is 256 g/mol. The quantitative estimate of drug-likeness (QED) is 0.371. The van der Waals surface area contributed by atoms with Crippen molar-refractivity contribution in [3.8, 4) is 0 Å². The van der Waals surface area contributed by atoms with E-state index < -0.39 is 0 Å². The van der Waals surface area contributed by atoms with Gasteiger partial charge in [0, 0.05) is 12.7 Å². The van der Waals surface area contributed by atoms with Gasteiger partial charge in [-0.25, -0.2) is 0 Å². The van der Waals surface area contributed by atoms with Crippen molar-refractivity contribution in [1.82, 2.24) is 15.2 Å². The summed E-state index contributed by atoms with van der Waals surface area (Å²) < 4.78 is 0. The van der Waals surface area contributed by atoms with Crippen molar-refractivity contribution in [1.29, 1.82) is 0 Å². The summed E-state index contributed by atoms with van der Waals surface area (Å²) in [7, 11) is 1.85. The van der Waals surface area contributed by atoms with Crippen LogP contribution in [-0.4, -0.2) is 33.3 Å². The molecule has 7 nitrogen and oxygen atoms in total. The van der Waals surface area contributed by atoms with E-state index in [2.05, 4.69) is 20.3 Å². The van der Waals surface area contributed by atoms with Gasteiger partial charge in [-0.3, -0.25) is 4.98 Å².